The SMILES string of the molecule is CCC(Cc1cccc(OC(F)(F)F)c1)CC(C)(N)C(=O)O. The zero-order valence-electron chi connectivity index (χ0n) is 12.5. The lowest BCUT2D eigenvalue weighted by Gasteiger charge is -2.25. The first-order valence-electron chi connectivity index (χ1n) is 6.90. The van der Waals surface area contributed by atoms with E-state index in [4.69, 9.17) is 10.8 Å². The number of benzene rings is 1. The number of halogens is 3. The molecule has 0 saturated heterocycles. The monoisotopic (exact) mass is 319 g/mol. The molecule has 0 aliphatic carbocycles. The second-order valence-corrected chi connectivity index (χ2v) is 5.60. The Hall–Kier alpha value is -1.76. The normalized spacial score (nSPS) is 15.9. The van der Waals surface area contributed by atoms with Crippen molar-refractivity contribution in [3.63, 3.8) is 0 Å². The molecule has 3 N–H and O–H groups in total. The quantitative estimate of drug-likeness (QED) is 0.808. The van der Waals surface area contributed by atoms with Gasteiger partial charge in [-0.2, -0.15) is 0 Å². The van der Waals surface area contributed by atoms with E-state index >= 15 is 0 Å². The average molecular weight is 319 g/mol. The Morgan fingerprint density at radius 1 is 1.41 bits per heavy atom. The van der Waals surface area contributed by atoms with Gasteiger partial charge in [0.2, 0.25) is 0 Å². The lowest BCUT2D eigenvalue weighted by Crippen LogP contribution is -2.46. The minimum absolute atomic E-state index is 0.0489. The molecule has 2 unspecified atom stereocenters. The molecule has 2 atom stereocenters. The summed E-state index contributed by atoms with van der Waals surface area (Å²) in [5.74, 6) is -1.43. The first-order valence-corrected chi connectivity index (χ1v) is 6.90. The average Bonchev–Trinajstić information content (AvgIpc) is 2.35. The first kappa shape index (κ1) is 18.3. The smallest absolute Gasteiger partial charge is 0.480 e. The third-order valence-electron chi connectivity index (χ3n) is 3.44. The summed E-state index contributed by atoms with van der Waals surface area (Å²) >= 11 is 0. The van der Waals surface area contributed by atoms with Gasteiger partial charge in [0, 0.05) is 0 Å². The Labute approximate surface area is 127 Å². The zero-order chi connectivity index (χ0) is 17.0. The predicted octanol–water partition coefficient (Wildman–Crippen LogP) is 3.35. The minimum atomic E-state index is -4.73. The number of hydrogen-bond acceptors (Lipinski definition) is 3. The molecule has 0 bridgehead atoms. The molecule has 1 rings (SSSR count). The summed E-state index contributed by atoms with van der Waals surface area (Å²) in [6.45, 7) is 3.32. The first-order chi connectivity index (χ1) is 10.0. The number of ether oxygens (including phenoxy) is 1. The van der Waals surface area contributed by atoms with E-state index in [0.717, 1.165) is 0 Å². The lowest BCUT2D eigenvalue weighted by molar-refractivity contribution is -0.274. The molecule has 124 valence electrons. The van der Waals surface area contributed by atoms with Crippen LogP contribution in [0.15, 0.2) is 24.3 Å². The summed E-state index contributed by atoms with van der Waals surface area (Å²) in [5, 5.41) is 9.05. The van der Waals surface area contributed by atoms with Crippen molar-refractivity contribution < 1.29 is 27.8 Å². The standard InChI is InChI=1S/C15H20F3NO3/c1-3-10(9-14(2,19)13(20)21)7-11-5-4-6-12(8-11)22-15(16,17)18/h4-6,8,10H,3,7,9,19H2,1-2H3,(H,20,21). The summed E-state index contributed by atoms with van der Waals surface area (Å²) in [7, 11) is 0. The maximum atomic E-state index is 12.2. The van der Waals surface area contributed by atoms with Crippen LogP contribution >= 0.6 is 0 Å². The number of nitrogens with two attached hydrogens (primary N) is 1. The number of carboxylic acid groups (broad SMARTS) is 1. The van der Waals surface area contributed by atoms with Gasteiger partial charge in [-0.25, -0.2) is 0 Å². The Balaban J connectivity index is 2.79. The van der Waals surface area contributed by atoms with Crippen LogP contribution in [0.5, 0.6) is 5.75 Å². The third-order valence-corrected chi connectivity index (χ3v) is 3.44. The molecule has 0 aliphatic heterocycles. The predicted molar refractivity (Wildman–Crippen MR) is 75.5 cm³/mol. The van der Waals surface area contributed by atoms with Crippen molar-refractivity contribution in [2.45, 2.75) is 45.0 Å². The highest BCUT2D eigenvalue weighted by molar-refractivity contribution is 5.77. The molecular formula is C15H20F3NO3. The van der Waals surface area contributed by atoms with Gasteiger partial charge in [-0.15, -0.1) is 13.2 Å². The number of rotatable bonds is 7. The van der Waals surface area contributed by atoms with E-state index in [9.17, 15) is 18.0 Å². The van der Waals surface area contributed by atoms with Gasteiger partial charge in [0.25, 0.3) is 0 Å². The van der Waals surface area contributed by atoms with Gasteiger partial charge in [0.1, 0.15) is 11.3 Å². The van der Waals surface area contributed by atoms with E-state index < -0.39 is 17.9 Å². The van der Waals surface area contributed by atoms with Crippen LogP contribution in [0.3, 0.4) is 0 Å². The molecule has 0 aliphatic rings. The maximum absolute atomic E-state index is 12.2. The number of alkyl halides is 3. The van der Waals surface area contributed by atoms with Crippen LogP contribution in [0.4, 0.5) is 13.2 Å². The Bertz CT molecular complexity index is 515. The molecule has 1 aromatic carbocycles. The molecule has 0 amide bonds. The van der Waals surface area contributed by atoms with Crippen LogP contribution in [0, 0.1) is 5.92 Å². The van der Waals surface area contributed by atoms with Gasteiger partial charge in [0.05, 0.1) is 0 Å². The van der Waals surface area contributed by atoms with Crippen molar-refractivity contribution in [3.8, 4) is 5.75 Å². The molecule has 0 aromatic heterocycles. The van der Waals surface area contributed by atoms with Gasteiger partial charge in [-0.05, 0) is 43.4 Å². The number of carbonyl (C=O) groups is 1. The second-order valence-electron chi connectivity index (χ2n) is 5.60. The Morgan fingerprint density at radius 2 is 2.05 bits per heavy atom. The van der Waals surface area contributed by atoms with E-state index in [1.165, 1.54) is 25.1 Å². The van der Waals surface area contributed by atoms with E-state index in [2.05, 4.69) is 4.74 Å². The van der Waals surface area contributed by atoms with Gasteiger partial charge in [-0.1, -0.05) is 25.5 Å². The van der Waals surface area contributed by atoms with Gasteiger partial charge < -0.3 is 15.6 Å². The summed E-state index contributed by atoms with van der Waals surface area (Å²) in [6.07, 6.45) is -3.39. The molecule has 0 radical (unpaired) electrons. The molecule has 0 saturated carbocycles. The highest BCUT2D eigenvalue weighted by Gasteiger charge is 2.32. The van der Waals surface area contributed by atoms with Crippen molar-refractivity contribution in [2.24, 2.45) is 11.7 Å². The van der Waals surface area contributed by atoms with Crippen LogP contribution in [-0.4, -0.2) is 23.0 Å². The van der Waals surface area contributed by atoms with Gasteiger partial charge >= 0.3 is 12.3 Å². The Morgan fingerprint density at radius 3 is 2.55 bits per heavy atom. The van der Waals surface area contributed by atoms with Crippen LogP contribution in [-0.2, 0) is 11.2 Å². The number of hydrogen-bond donors (Lipinski definition) is 2. The fourth-order valence-corrected chi connectivity index (χ4v) is 2.25. The zero-order valence-corrected chi connectivity index (χ0v) is 12.5. The lowest BCUT2D eigenvalue weighted by atomic mass is 9.84. The second kappa shape index (κ2) is 7.00. The molecule has 4 nitrogen and oxygen atoms in total. The Kier molecular flexibility index (Phi) is 5.82. The van der Waals surface area contributed by atoms with Crippen LogP contribution in [0.2, 0.25) is 0 Å². The summed E-state index contributed by atoms with van der Waals surface area (Å²) in [6, 6.07) is 5.69. The van der Waals surface area contributed by atoms with Crippen molar-refractivity contribution >= 4 is 5.97 Å². The number of carboxylic acids is 1. The minimum Gasteiger partial charge on any atom is -0.480 e. The summed E-state index contributed by atoms with van der Waals surface area (Å²) < 4.78 is 40.5. The van der Waals surface area contributed by atoms with Crippen molar-refractivity contribution in [2.75, 3.05) is 0 Å². The third kappa shape index (κ3) is 5.93. The van der Waals surface area contributed by atoms with Crippen molar-refractivity contribution in [3.05, 3.63) is 29.8 Å². The molecule has 7 heteroatoms. The van der Waals surface area contributed by atoms with Gasteiger partial charge in [-0.3, -0.25) is 4.79 Å². The molecule has 0 fully saturated rings. The summed E-state index contributed by atoms with van der Waals surface area (Å²) in [5.41, 5.74) is 5.02. The van der Waals surface area contributed by atoms with E-state index in [1.54, 1.807) is 6.07 Å². The molecule has 0 heterocycles. The highest BCUT2D eigenvalue weighted by atomic mass is 19.4. The highest BCUT2D eigenvalue weighted by Crippen LogP contribution is 2.26. The van der Waals surface area contributed by atoms with Crippen molar-refractivity contribution in [1.29, 1.82) is 0 Å². The van der Waals surface area contributed by atoms with Gasteiger partial charge in [0.15, 0.2) is 0 Å². The largest absolute Gasteiger partial charge is 0.573 e. The van der Waals surface area contributed by atoms with Crippen molar-refractivity contribution in [1.82, 2.24) is 0 Å². The fraction of sp³-hybridized carbons (Fsp3) is 0.533. The summed E-state index contributed by atoms with van der Waals surface area (Å²) in [4.78, 5) is 11.1. The maximum Gasteiger partial charge on any atom is 0.573 e. The fourth-order valence-electron chi connectivity index (χ4n) is 2.25. The van der Waals surface area contributed by atoms with Crippen LogP contribution in [0.25, 0.3) is 0 Å². The number of aliphatic carboxylic acids is 1. The van der Waals surface area contributed by atoms with E-state index in [1.807, 2.05) is 6.92 Å². The van der Waals surface area contributed by atoms with E-state index in [0.29, 0.717) is 18.4 Å². The van der Waals surface area contributed by atoms with E-state index in [-0.39, 0.29) is 18.1 Å². The molecule has 22 heavy (non-hydrogen) atoms. The molecule has 1 aromatic rings. The van der Waals surface area contributed by atoms with Crippen LogP contribution < -0.4 is 10.5 Å². The van der Waals surface area contributed by atoms with Crippen LogP contribution in [0.1, 0.15) is 32.3 Å². The molecular weight excluding hydrogens is 299 g/mol. The topological polar surface area (TPSA) is 72.5 Å². The molecule has 0 spiro atoms.